The van der Waals surface area contributed by atoms with Crippen LogP contribution in [0.15, 0.2) is 24.3 Å². The normalized spacial score (nSPS) is 27.7. The molecule has 114 valence electrons. The number of carbonyl (C=O) groups is 1. The Morgan fingerprint density at radius 2 is 1.81 bits per heavy atom. The van der Waals surface area contributed by atoms with Crippen LogP contribution in [-0.2, 0) is 11.3 Å². The van der Waals surface area contributed by atoms with Crippen molar-refractivity contribution in [3.8, 4) is 5.75 Å². The number of phenolic OH excluding ortho intramolecular Hbond substituents is 1. The number of nitrogens with zero attached hydrogens (tertiary/aromatic N) is 1. The Balaban J connectivity index is 1.71. The predicted molar refractivity (Wildman–Crippen MR) is 83.1 cm³/mol. The summed E-state index contributed by atoms with van der Waals surface area (Å²) < 4.78 is 0. The van der Waals surface area contributed by atoms with Crippen molar-refractivity contribution in [2.75, 3.05) is 6.54 Å². The Labute approximate surface area is 127 Å². The fourth-order valence-electron chi connectivity index (χ4n) is 3.92. The lowest BCUT2D eigenvalue weighted by atomic mass is 9.79. The second-order valence-corrected chi connectivity index (χ2v) is 6.52. The van der Waals surface area contributed by atoms with Gasteiger partial charge in [-0.3, -0.25) is 9.69 Å². The van der Waals surface area contributed by atoms with Crippen molar-refractivity contribution in [1.82, 2.24) is 4.90 Å². The van der Waals surface area contributed by atoms with E-state index in [0.717, 1.165) is 38.8 Å². The van der Waals surface area contributed by atoms with Crippen molar-refractivity contribution in [3.05, 3.63) is 29.8 Å². The number of Topliss-reactive ketones (excluding diaryl/α,β-unsaturated/α-hetero) is 1. The van der Waals surface area contributed by atoms with Crippen LogP contribution >= 0.6 is 0 Å². The van der Waals surface area contributed by atoms with Gasteiger partial charge in [-0.1, -0.05) is 25.0 Å². The fraction of sp³-hybridized carbons (Fsp3) is 0.611. The zero-order chi connectivity index (χ0) is 14.7. The summed E-state index contributed by atoms with van der Waals surface area (Å²) in [6.07, 6.45) is 7.80. The molecule has 1 saturated carbocycles. The van der Waals surface area contributed by atoms with E-state index < -0.39 is 0 Å². The number of hydrogen-bond acceptors (Lipinski definition) is 3. The maximum Gasteiger partial charge on any atom is 0.137 e. The highest BCUT2D eigenvalue weighted by Crippen LogP contribution is 2.32. The number of carbonyl (C=O) groups excluding carboxylic acids is 1. The topological polar surface area (TPSA) is 40.5 Å². The molecular formula is C18H25NO2. The molecule has 1 aliphatic carbocycles. The van der Waals surface area contributed by atoms with E-state index in [1.165, 1.54) is 24.8 Å². The number of piperidine rings is 1. The van der Waals surface area contributed by atoms with Crippen molar-refractivity contribution in [3.63, 3.8) is 0 Å². The summed E-state index contributed by atoms with van der Waals surface area (Å²) in [5.74, 6) is 1.07. The van der Waals surface area contributed by atoms with Crippen LogP contribution in [0.5, 0.6) is 5.75 Å². The third kappa shape index (κ3) is 3.46. The van der Waals surface area contributed by atoms with Crippen molar-refractivity contribution in [2.24, 2.45) is 5.92 Å². The summed E-state index contributed by atoms with van der Waals surface area (Å²) in [6, 6.07) is 7.91. The van der Waals surface area contributed by atoms with Crippen molar-refractivity contribution < 1.29 is 9.90 Å². The lowest BCUT2D eigenvalue weighted by Gasteiger charge is -2.41. The Morgan fingerprint density at radius 1 is 1.05 bits per heavy atom. The molecule has 1 aliphatic heterocycles. The molecule has 1 aromatic rings. The molecule has 0 bridgehead atoms. The average Bonchev–Trinajstić information content (AvgIpc) is 2.51. The van der Waals surface area contributed by atoms with Gasteiger partial charge in [0.05, 0.1) is 0 Å². The van der Waals surface area contributed by atoms with Crippen LogP contribution < -0.4 is 0 Å². The number of hydrogen-bond donors (Lipinski definition) is 1. The third-order valence-corrected chi connectivity index (χ3v) is 5.05. The summed E-state index contributed by atoms with van der Waals surface area (Å²) >= 11 is 0. The number of benzene rings is 1. The standard InChI is InChI=1S/C18H25NO2/c20-15-10-8-14(9-11-15)13-19-12-4-3-6-17(19)16-5-1-2-7-18(16)21/h8-11,16-17,20H,1-7,12-13H2. The first-order valence-corrected chi connectivity index (χ1v) is 8.29. The molecule has 1 aromatic carbocycles. The smallest absolute Gasteiger partial charge is 0.137 e. The molecule has 0 amide bonds. The maximum absolute atomic E-state index is 12.3. The highest BCUT2D eigenvalue weighted by atomic mass is 16.3. The van der Waals surface area contributed by atoms with E-state index in [0.29, 0.717) is 17.6 Å². The molecule has 0 spiro atoms. The fourth-order valence-corrected chi connectivity index (χ4v) is 3.92. The van der Waals surface area contributed by atoms with E-state index in [1.54, 1.807) is 12.1 Å². The molecule has 1 heterocycles. The predicted octanol–water partition coefficient (Wildman–Crippen LogP) is 3.51. The highest BCUT2D eigenvalue weighted by Gasteiger charge is 2.35. The lowest BCUT2D eigenvalue weighted by molar-refractivity contribution is -0.127. The largest absolute Gasteiger partial charge is 0.508 e. The molecular weight excluding hydrogens is 262 g/mol. The first kappa shape index (κ1) is 14.6. The van der Waals surface area contributed by atoms with Gasteiger partial charge in [-0.05, 0) is 49.9 Å². The number of ketones is 1. The van der Waals surface area contributed by atoms with Gasteiger partial charge in [0.1, 0.15) is 11.5 Å². The first-order chi connectivity index (χ1) is 10.2. The van der Waals surface area contributed by atoms with E-state index in [2.05, 4.69) is 4.90 Å². The maximum atomic E-state index is 12.3. The quantitative estimate of drug-likeness (QED) is 0.925. The van der Waals surface area contributed by atoms with Gasteiger partial charge in [-0.15, -0.1) is 0 Å². The van der Waals surface area contributed by atoms with Crippen LogP contribution in [0, 0.1) is 5.92 Å². The van der Waals surface area contributed by atoms with E-state index >= 15 is 0 Å². The van der Waals surface area contributed by atoms with E-state index in [1.807, 2.05) is 12.1 Å². The second-order valence-electron chi connectivity index (χ2n) is 6.52. The molecule has 2 unspecified atom stereocenters. The molecule has 1 N–H and O–H groups in total. The Morgan fingerprint density at radius 3 is 2.57 bits per heavy atom. The van der Waals surface area contributed by atoms with Crippen LogP contribution in [0.2, 0.25) is 0 Å². The number of phenols is 1. The molecule has 3 nitrogen and oxygen atoms in total. The summed E-state index contributed by atoms with van der Waals surface area (Å²) in [7, 11) is 0. The summed E-state index contributed by atoms with van der Waals surface area (Å²) in [6.45, 7) is 1.99. The molecule has 21 heavy (non-hydrogen) atoms. The van der Waals surface area contributed by atoms with Crippen molar-refractivity contribution in [2.45, 2.75) is 57.5 Å². The van der Waals surface area contributed by atoms with Crippen molar-refractivity contribution in [1.29, 1.82) is 0 Å². The summed E-state index contributed by atoms with van der Waals surface area (Å²) in [5.41, 5.74) is 1.22. The summed E-state index contributed by atoms with van der Waals surface area (Å²) in [4.78, 5) is 14.8. The third-order valence-electron chi connectivity index (χ3n) is 5.05. The van der Waals surface area contributed by atoms with Crippen LogP contribution in [0.1, 0.15) is 50.5 Å². The number of likely N-dealkylation sites (tertiary alicyclic amines) is 1. The van der Waals surface area contributed by atoms with Crippen LogP contribution in [0.3, 0.4) is 0 Å². The van der Waals surface area contributed by atoms with Gasteiger partial charge in [0.2, 0.25) is 0 Å². The van der Waals surface area contributed by atoms with Gasteiger partial charge in [0.25, 0.3) is 0 Å². The van der Waals surface area contributed by atoms with E-state index in [4.69, 9.17) is 0 Å². The van der Waals surface area contributed by atoms with Gasteiger partial charge in [-0.25, -0.2) is 0 Å². The van der Waals surface area contributed by atoms with Crippen molar-refractivity contribution >= 4 is 5.78 Å². The monoisotopic (exact) mass is 287 g/mol. The highest BCUT2D eigenvalue weighted by molar-refractivity contribution is 5.82. The van der Waals surface area contributed by atoms with Crippen LogP contribution in [-0.4, -0.2) is 28.4 Å². The minimum atomic E-state index is 0.260. The number of rotatable bonds is 3. The Kier molecular flexibility index (Phi) is 4.59. The second kappa shape index (κ2) is 6.61. The van der Waals surface area contributed by atoms with Crippen LogP contribution in [0.25, 0.3) is 0 Å². The van der Waals surface area contributed by atoms with Gasteiger partial charge >= 0.3 is 0 Å². The van der Waals surface area contributed by atoms with Gasteiger partial charge in [0.15, 0.2) is 0 Å². The van der Waals surface area contributed by atoms with Gasteiger partial charge in [0, 0.05) is 24.9 Å². The van der Waals surface area contributed by atoms with Crippen LogP contribution in [0.4, 0.5) is 0 Å². The molecule has 0 radical (unpaired) electrons. The van der Waals surface area contributed by atoms with Gasteiger partial charge in [-0.2, -0.15) is 0 Å². The molecule has 2 fully saturated rings. The Hall–Kier alpha value is -1.35. The first-order valence-electron chi connectivity index (χ1n) is 8.29. The lowest BCUT2D eigenvalue weighted by Crippen LogP contribution is -2.46. The molecule has 0 aromatic heterocycles. The Bertz CT molecular complexity index is 482. The number of aromatic hydroxyl groups is 1. The average molecular weight is 287 g/mol. The van der Waals surface area contributed by atoms with Gasteiger partial charge < -0.3 is 5.11 Å². The molecule has 2 atom stereocenters. The van der Waals surface area contributed by atoms with E-state index in [-0.39, 0.29) is 5.92 Å². The minimum Gasteiger partial charge on any atom is -0.508 e. The molecule has 1 saturated heterocycles. The minimum absolute atomic E-state index is 0.260. The zero-order valence-electron chi connectivity index (χ0n) is 12.6. The molecule has 2 aliphatic rings. The SMILES string of the molecule is O=C1CCCCC1C1CCCCN1Cc1ccc(O)cc1. The molecule has 3 rings (SSSR count). The summed E-state index contributed by atoms with van der Waals surface area (Å²) in [5, 5.41) is 9.39. The zero-order valence-corrected chi connectivity index (χ0v) is 12.6. The molecule has 3 heteroatoms. The van der Waals surface area contributed by atoms with E-state index in [9.17, 15) is 9.90 Å².